The summed E-state index contributed by atoms with van der Waals surface area (Å²) in [5.74, 6) is 0.531. The van der Waals surface area contributed by atoms with E-state index >= 15 is 0 Å². The number of rotatable bonds is 13. The molecule has 0 saturated carbocycles. The first kappa shape index (κ1) is 23.0. The molecule has 1 fully saturated rings. The van der Waals surface area contributed by atoms with E-state index in [9.17, 15) is 4.79 Å². The molecule has 1 aromatic rings. The molecule has 0 aliphatic carbocycles. The number of hydrogen-bond donors (Lipinski definition) is 0. The van der Waals surface area contributed by atoms with Crippen LogP contribution >= 0.6 is 0 Å². The van der Waals surface area contributed by atoms with Gasteiger partial charge >= 0.3 is 0 Å². The van der Waals surface area contributed by atoms with Crippen molar-refractivity contribution >= 4 is 5.78 Å². The lowest BCUT2D eigenvalue weighted by Crippen LogP contribution is -2.46. The van der Waals surface area contributed by atoms with Crippen LogP contribution in [-0.2, 0) is 22.6 Å². The summed E-state index contributed by atoms with van der Waals surface area (Å²) in [5, 5.41) is 8.59. The fraction of sp³-hybridized carbons (Fsp3) is 0.857. The van der Waals surface area contributed by atoms with Crippen LogP contribution in [0.4, 0.5) is 0 Å². The summed E-state index contributed by atoms with van der Waals surface area (Å²) in [6.07, 6.45) is 6.18. The summed E-state index contributed by atoms with van der Waals surface area (Å²) in [6.45, 7) is 16.0. The van der Waals surface area contributed by atoms with Gasteiger partial charge in [-0.2, -0.15) is 0 Å². The van der Waals surface area contributed by atoms with Crippen LogP contribution in [0, 0.1) is 5.92 Å². The van der Waals surface area contributed by atoms with Crippen molar-refractivity contribution in [1.29, 1.82) is 0 Å². The minimum absolute atomic E-state index is 0.160. The van der Waals surface area contributed by atoms with Crippen molar-refractivity contribution in [3.05, 3.63) is 11.9 Å². The monoisotopic (exact) mass is 393 g/mol. The van der Waals surface area contributed by atoms with Crippen LogP contribution < -0.4 is 0 Å². The van der Waals surface area contributed by atoms with Gasteiger partial charge in [0, 0.05) is 64.3 Å². The van der Waals surface area contributed by atoms with Gasteiger partial charge < -0.3 is 4.74 Å². The molecule has 7 nitrogen and oxygen atoms in total. The Labute approximate surface area is 170 Å². The highest BCUT2D eigenvalue weighted by Crippen LogP contribution is 2.09. The van der Waals surface area contributed by atoms with Gasteiger partial charge in [0.2, 0.25) is 0 Å². The largest absolute Gasteiger partial charge is 0.377 e. The van der Waals surface area contributed by atoms with Gasteiger partial charge in [-0.3, -0.25) is 19.3 Å². The van der Waals surface area contributed by atoms with Gasteiger partial charge in [0.1, 0.15) is 5.78 Å². The summed E-state index contributed by atoms with van der Waals surface area (Å²) in [6, 6.07) is 0. The van der Waals surface area contributed by atoms with Gasteiger partial charge in [-0.25, -0.2) is 0 Å². The highest BCUT2D eigenvalue weighted by atomic mass is 16.5. The van der Waals surface area contributed by atoms with Crippen molar-refractivity contribution in [3.63, 3.8) is 0 Å². The number of carbonyl (C=O) groups excluding carboxylic acids is 1. The zero-order valence-corrected chi connectivity index (χ0v) is 18.3. The molecule has 1 aromatic heterocycles. The van der Waals surface area contributed by atoms with Crippen molar-refractivity contribution in [2.24, 2.45) is 5.92 Å². The molecule has 7 heteroatoms. The normalized spacial score (nSPS) is 16.4. The Kier molecular flexibility index (Phi) is 10.1. The minimum Gasteiger partial charge on any atom is -0.377 e. The van der Waals surface area contributed by atoms with Gasteiger partial charge in [-0.15, -0.1) is 5.10 Å². The van der Waals surface area contributed by atoms with Crippen molar-refractivity contribution in [2.75, 3.05) is 39.3 Å². The van der Waals surface area contributed by atoms with Crippen LogP contribution in [0.1, 0.15) is 59.1 Å². The SMILES string of the molecule is CC(C)OCCN1CCN(Cc2cn(CCCCCC(=O)C(C)C)nn2)CC1. The van der Waals surface area contributed by atoms with Crippen molar-refractivity contribution in [2.45, 2.75) is 72.6 Å². The molecule has 0 bridgehead atoms. The number of carbonyl (C=O) groups is 1. The highest BCUT2D eigenvalue weighted by molar-refractivity contribution is 5.80. The Balaban J connectivity index is 1.58. The smallest absolute Gasteiger partial charge is 0.135 e. The van der Waals surface area contributed by atoms with E-state index in [4.69, 9.17) is 4.74 Å². The molecule has 0 radical (unpaired) electrons. The number of Topliss-reactive ketones (excluding diaryl/α,β-unsaturated/α-hetero) is 1. The molecule has 1 aliphatic heterocycles. The second kappa shape index (κ2) is 12.3. The Hall–Kier alpha value is -1.31. The minimum atomic E-state index is 0.160. The van der Waals surface area contributed by atoms with Crippen LogP contribution in [0.15, 0.2) is 6.20 Å². The Morgan fingerprint density at radius 2 is 1.75 bits per heavy atom. The average Bonchev–Trinajstić information content (AvgIpc) is 3.09. The Morgan fingerprint density at radius 1 is 1.04 bits per heavy atom. The lowest BCUT2D eigenvalue weighted by atomic mass is 10.0. The van der Waals surface area contributed by atoms with Crippen LogP contribution in [0.3, 0.4) is 0 Å². The molecule has 2 rings (SSSR count). The molecule has 160 valence electrons. The maximum Gasteiger partial charge on any atom is 0.135 e. The fourth-order valence-electron chi connectivity index (χ4n) is 3.38. The number of piperazine rings is 1. The second-order valence-electron chi connectivity index (χ2n) is 8.44. The van der Waals surface area contributed by atoms with Crippen molar-refractivity contribution in [1.82, 2.24) is 24.8 Å². The summed E-state index contributed by atoms with van der Waals surface area (Å²) >= 11 is 0. The molecule has 0 N–H and O–H groups in total. The quantitative estimate of drug-likeness (QED) is 0.480. The third-order valence-electron chi connectivity index (χ3n) is 5.25. The van der Waals surface area contributed by atoms with E-state index in [1.54, 1.807) is 0 Å². The fourth-order valence-corrected chi connectivity index (χ4v) is 3.38. The van der Waals surface area contributed by atoms with E-state index < -0.39 is 0 Å². The third kappa shape index (κ3) is 8.80. The molecule has 2 heterocycles. The zero-order chi connectivity index (χ0) is 20.4. The predicted molar refractivity (Wildman–Crippen MR) is 111 cm³/mol. The van der Waals surface area contributed by atoms with Crippen molar-refractivity contribution in [3.8, 4) is 0 Å². The number of aryl methyl sites for hydroxylation is 1. The number of hydrogen-bond acceptors (Lipinski definition) is 6. The number of aromatic nitrogens is 3. The van der Waals surface area contributed by atoms with E-state index in [1.165, 1.54) is 0 Å². The lowest BCUT2D eigenvalue weighted by Gasteiger charge is -2.34. The number of ether oxygens (including phenoxy) is 1. The molecule has 1 saturated heterocycles. The molecule has 28 heavy (non-hydrogen) atoms. The summed E-state index contributed by atoms with van der Waals surface area (Å²) in [5.41, 5.74) is 1.05. The van der Waals surface area contributed by atoms with Gasteiger partial charge in [-0.05, 0) is 26.7 Å². The first-order valence-corrected chi connectivity index (χ1v) is 10.9. The van der Waals surface area contributed by atoms with Crippen LogP contribution in [-0.4, -0.2) is 76.0 Å². The molecular weight excluding hydrogens is 354 g/mol. The predicted octanol–water partition coefficient (Wildman–Crippen LogP) is 2.61. The first-order valence-electron chi connectivity index (χ1n) is 10.9. The summed E-state index contributed by atoms with van der Waals surface area (Å²) in [4.78, 5) is 16.5. The first-order chi connectivity index (χ1) is 13.4. The molecule has 0 atom stereocenters. The average molecular weight is 394 g/mol. The van der Waals surface area contributed by atoms with Gasteiger partial charge in [0.15, 0.2) is 0 Å². The maximum atomic E-state index is 11.6. The molecule has 0 spiro atoms. The Bertz CT molecular complexity index is 565. The van der Waals surface area contributed by atoms with E-state index in [1.807, 2.05) is 18.5 Å². The molecule has 0 aromatic carbocycles. The lowest BCUT2D eigenvalue weighted by molar-refractivity contribution is -0.122. The summed E-state index contributed by atoms with van der Waals surface area (Å²) in [7, 11) is 0. The molecule has 1 aliphatic rings. The topological polar surface area (TPSA) is 63.5 Å². The maximum absolute atomic E-state index is 11.6. The van der Waals surface area contributed by atoms with Crippen LogP contribution in [0.2, 0.25) is 0 Å². The standard InChI is InChI=1S/C21H39N5O2/c1-18(2)21(27)8-6-5-7-9-26-17-20(22-23-26)16-25-12-10-24(11-13-25)14-15-28-19(3)4/h17-19H,5-16H2,1-4H3. The molecule has 0 amide bonds. The Morgan fingerprint density at radius 3 is 2.43 bits per heavy atom. The molecule has 0 unspecified atom stereocenters. The number of nitrogens with zero attached hydrogens (tertiary/aromatic N) is 5. The third-order valence-corrected chi connectivity index (χ3v) is 5.25. The van der Waals surface area contributed by atoms with E-state index in [2.05, 4.69) is 40.2 Å². The van der Waals surface area contributed by atoms with Crippen LogP contribution in [0.25, 0.3) is 0 Å². The van der Waals surface area contributed by atoms with E-state index in [0.29, 0.717) is 18.3 Å². The van der Waals surface area contributed by atoms with Crippen LogP contribution in [0.5, 0.6) is 0 Å². The van der Waals surface area contributed by atoms with Gasteiger partial charge in [-0.1, -0.05) is 25.5 Å². The van der Waals surface area contributed by atoms with Gasteiger partial charge in [0.05, 0.1) is 18.4 Å². The van der Waals surface area contributed by atoms with Crippen molar-refractivity contribution < 1.29 is 9.53 Å². The number of ketones is 1. The highest BCUT2D eigenvalue weighted by Gasteiger charge is 2.18. The van der Waals surface area contributed by atoms with E-state index in [-0.39, 0.29) is 5.92 Å². The zero-order valence-electron chi connectivity index (χ0n) is 18.3. The van der Waals surface area contributed by atoms with E-state index in [0.717, 1.165) is 77.4 Å². The summed E-state index contributed by atoms with van der Waals surface area (Å²) < 4.78 is 7.59. The number of unbranched alkanes of at least 4 members (excludes halogenated alkanes) is 2. The molecular formula is C21H39N5O2. The van der Waals surface area contributed by atoms with Gasteiger partial charge in [0.25, 0.3) is 0 Å². The second-order valence-corrected chi connectivity index (χ2v) is 8.44.